The van der Waals surface area contributed by atoms with Crippen LogP contribution in [0.15, 0.2) is 0 Å². The van der Waals surface area contributed by atoms with Gasteiger partial charge in [0.25, 0.3) is 0 Å². The maximum atomic E-state index is 14.1. The Hall–Kier alpha value is -0.900. The van der Waals surface area contributed by atoms with E-state index in [1.807, 2.05) is 0 Å². The molecule has 0 heterocycles. The van der Waals surface area contributed by atoms with E-state index in [1.54, 1.807) is 11.8 Å². The molecule has 3 aliphatic rings. The summed E-state index contributed by atoms with van der Waals surface area (Å²) in [5.41, 5.74) is -0.404. The molecule has 3 aliphatic carbocycles. The van der Waals surface area contributed by atoms with Crippen molar-refractivity contribution >= 4 is 11.7 Å². The Balaban J connectivity index is 1.77. The average Bonchev–Trinajstić information content (AvgIpc) is 2.75. The molecule has 2 N–H and O–H groups in total. The van der Waals surface area contributed by atoms with Crippen molar-refractivity contribution in [1.82, 2.24) is 4.90 Å². The molecule has 4 heteroatoms. The van der Waals surface area contributed by atoms with Crippen molar-refractivity contribution in [2.24, 2.45) is 17.3 Å². The topological polar surface area (TPSA) is 64.4 Å². The van der Waals surface area contributed by atoms with Crippen molar-refractivity contribution in [3.05, 3.63) is 0 Å². The molecule has 0 unspecified atom stereocenters. The van der Waals surface area contributed by atoms with Crippen LogP contribution in [-0.2, 0) is 4.79 Å². The Morgan fingerprint density at radius 3 is 2.00 bits per heavy atom. The van der Waals surface area contributed by atoms with E-state index >= 15 is 0 Å². The third kappa shape index (κ3) is 6.08. The van der Waals surface area contributed by atoms with Crippen molar-refractivity contribution in [1.29, 1.82) is 5.41 Å². The molecule has 0 aromatic rings. The van der Waals surface area contributed by atoms with E-state index in [4.69, 9.17) is 5.41 Å². The fraction of sp³-hybridized carbons (Fsp3) is 0.923. The Morgan fingerprint density at radius 2 is 1.43 bits per heavy atom. The summed E-state index contributed by atoms with van der Waals surface area (Å²) in [5, 5.41) is 19.1. The Kier molecular flexibility index (Phi) is 8.80. The van der Waals surface area contributed by atoms with Crippen molar-refractivity contribution in [3.63, 3.8) is 0 Å². The lowest BCUT2D eigenvalue weighted by Gasteiger charge is -2.43. The highest BCUT2D eigenvalue weighted by atomic mass is 16.3. The van der Waals surface area contributed by atoms with Crippen LogP contribution in [0.5, 0.6) is 0 Å². The first-order chi connectivity index (χ1) is 14.4. The van der Waals surface area contributed by atoms with E-state index in [1.165, 1.54) is 64.2 Å². The average molecular weight is 419 g/mol. The van der Waals surface area contributed by atoms with Crippen LogP contribution < -0.4 is 0 Å². The maximum Gasteiger partial charge on any atom is 0.234 e. The van der Waals surface area contributed by atoms with Crippen LogP contribution >= 0.6 is 0 Å². The number of amidine groups is 1. The lowest BCUT2D eigenvalue weighted by atomic mass is 9.70. The molecule has 3 fully saturated rings. The molecule has 30 heavy (non-hydrogen) atoms. The van der Waals surface area contributed by atoms with Crippen LogP contribution in [0, 0.1) is 22.7 Å². The van der Waals surface area contributed by atoms with E-state index in [0.717, 1.165) is 50.9 Å². The number of amides is 1. The van der Waals surface area contributed by atoms with E-state index in [-0.39, 0.29) is 11.9 Å². The summed E-state index contributed by atoms with van der Waals surface area (Å²) < 4.78 is 0. The standard InChI is InChI=1S/C26H46N2O2/c1-20(27)28(23-15-9-10-16-24(23)29)25(30)26(2,19-22-13-7-4-8-14-22)18-17-21-11-5-3-6-12-21/h21-24,27,29H,3-19H2,1-2H3/t23-,24-,26-/m0/s1. The zero-order valence-electron chi connectivity index (χ0n) is 19.6. The van der Waals surface area contributed by atoms with Crippen LogP contribution in [0.25, 0.3) is 0 Å². The van der Waals surface area contributed by atoms with E-state index in [9.17, 15) is 9.90 Å². The van der Waals surface area contributed by atoms with Crippen LogP contribution in [0.1, 0.15) is 123 Å². The van der Waals surface area contributed by atoms with Crippen molar-refractivity contribution in [2.75, 3.05) is 0 Å². The zero-order valence-corrected chi connectivity index (χ0v) is 19.6. The lowest BCUT2D eigenvalue weighted by Crippen LogP contribution is -2.55. The fourth-order valence-electron chi connectivity index (χ4n) is 6.56. The second-order valence-corrected chi connectivity index (χ2v) is 11.0. The Labute approximate surface area is 184 Å². The number of carbonyl (C=O) groups is 1. The zero-order chi connectivity index (χ0) is 21.6. The molecule has 1 amide bonds. The molecular formula is C26H46N2O2. The molecular weight excluding hydrogens is 372 g/mol. The highest BCUT2D eigenvalue weighted by molar-refractivity contribution is 5.98. The second-order valence-electron chi connectivity index (χ2n) is 11.0. The van der Waals surface area contributed by atoms with Crippen molar-refractivity contribution in [2.45, 2.75) is 135 Å². The first-order valence-corrected chi connectivity index (χ1v) is 13.0. The van der Waals surface area contributed by atoms with Crippen molar-refractivity contribution in [3.8, 4) is 0 Å². The molecule has 172 valence electrons. The van der Waals surface area contributed by atoms with Gasteiger partial charge in [0.2, 0.25) is 5.91 Å². The molecule has 0 aromatic carbocycles. The summed E-state index contributed by atoms with van der Waals surface area (Å²) in [6.45, 7) is 3.93. The molecule has 3 atom stereocenters. The number of carbonyl (C=O) groups excluding carboxylic acids is 1. The number of nitrogens with zero attached hydrogens (tertiary/aromatic N) is 1. The SMILES string of the molecule is CC(=N)N(C(=O)[C@@](C)(CCC1CCCCC1)CC1CCCCC1)[C@H]1CCCC[C@@H]1O. The molecule has 0 spiro atoms. The summed E-state index contributed by atoms with van der Waals surface area (Å²) >= 11 is 0. The number of hydrogen-bond acceptors (Lipinski definition) is 3. The van der Waals surface area contributed by atoms with Gasteiger partial charge < -0.3 is 5.11 Å². The minimum Gasteiger partial charge on any atom is -0.391 e. The van der Waals surface area contributed by atoms with Crippen LogP contribution in [0.2, 0.25) is 0 Å². The van der Waals surface area contributed by atoms with Gasteiger partial charge in [0.05, 0.1) is 18.0 Å². The highest BCUT2D eigenvalue weighted by Gasteiger charge is 2.43. The highest BCUT2D eigenvalue weighted by Crippen LogP contribution is 2.42. The predicted molar refractivity (Wildman–Crippen MR) is 124 cm³/mol. The van der Waals surface area contributed by atoms with Gasteiger partial charge >= 0.3 is 0 Å². The van der Waals surface area contributed by atoms with Gasteiger partial charge in [0, 0.05) is 5.41 Å². The molecule has 0 aromatic heterocycles. The van der Waals surface area contributed by atoms with E-state index in [0.29, 0.717) is 11.8 Å². The van der Waals surface area contributed by atoms with Gasteiger partial charge in [0.1, 0.15) is 0 Å². The largest absolute Gasteiger partial charge is 0.391 e. The van der Waals surface area contributed by atoms with Crippen LogP contribution in [-0.4, -0.2) is 33.9 Å². The number of rotatable bonds is 7. The van der Waals surface area contributed by atoms with Gasteiger partial charge in [-0.15, -0.1) is 0 Å². The fourth-order valence-corrected chi connectivity index (χ4v) is 6.56. The van der Waals surface area contributed by atoms with Gasteiger partial charge in [-0.1, -0.05) is 84.0 Å². The summed E-state index contributed by atoms with van der Waals surface area (Å²) in [6.07, 6.45) is 19.4. The third-order valence-corrected chi connectivity index (χ3v) is 8.42. The monoisotopic (exact) mass is 418 g/mol. The molecule has 3 saturated carbocycles. The first kappa shape index (κ1) is 23.8. The second kappa shape index (κ2) is 11.1. The van der Waals surface area contributed by atoms with Gasteiger partial charge in [-0.25, -0.2) is 0 Å². The lowest BCUT2D eigenvalue weighted by molar-refractivity contribution is -0.143. The molecule has 3 rings (SSSR count). The number of aliphatic hydroxyl groups is 1. The normalized spacial score (nSPS) is 28.6. The summed E-state index contributed by atoms with van der Waals surface area (Å²) in [6, 6.07) is -0.205. The summed E-state index contributed by atoms with van der Waals surface area (Å²) in [7, 11) is 0. The van der Waals surface area contributed by atoms with Gasteiger partial charge in [0.15, 0.2) is 0 Å². The minimum atomic E-state index is -0.486. The predicted octanol–water partition coefficient (Wildman–Crippen LogP) is 6.45. The quantitative estimate of drug-likeness (QED) is 0.368. The number of nitrogens with one attached hydrogen (secondary N) is 1. The number of hydrogen-bond donors (Lipinski definition) is 2. The van der Waals surface area contributed by atoms with Gasteiger partial charge in [-0.3, -0.25) is 15.1 Å². The first-order valence-electron chi connectivity index (χ1n) is 13.0. The van der Waals surface area contributed by atoms with E-state index in [2.05, 4.69) is 6.92 Å². The van der Waals surface area contributed by atoms with Gasteiger partial charge in [-0.05, 0) is 50.9 Å². The third-order valence-electron chi connectivity index (χ3n) is 8.42. The Morgan fingerprint density at radius 1 is 0.900 bits per heavy atom. The van der Waals surface area contributed by atoms with Crippen molar-refractivity contribution < 1.29 is 9.90 Å². The smallest absolute Gasteiger partial charge is 0.234 e. The van der Waals surface area contributed by atoms with Gasteiger partial charge in [-0.2, -0.15) is 0 Å². The summed E-state index contributed by atoms with van der Waals surface area (Å²) in [4.78, 5) is 15.8. The molecule has 4 nitrogen and oxygen atoms in total. The molecule has 0 aliphatic heterocycles. The number of aliphatic hydroxyl groups excluding tert-OH is 1. The maximum absolute atomic E-state index is 14.1. The minimum absolute atomic E-state index is 0.127. The Bertz CT molecular complexity index is 565. The molecule has 0 radical (unpaired) electrons. The van der Waals surface area contributed by atoms with Crippen LogP contribution in [0.4, 0.5) is 0 Å². The molecule has 0 saturated heterocycles. The van der Waals surface area contributed by atoms with E-state index < -0.39 is 11.5 Å². The molecule has 0 bridgehead atoms. The van der Waals surface area contributed by atoms with Crippen LogP contribution in [0.3, 0.4) is 0 Å². The summed E-state index contributed by atoms with van der Waals surface area (Å²) in [5.74, 6) is 1.86.